The number of unbranched alkanes of at least 4 members (excludes halogenated alkanes) is 20. The third kappa shape index (κ3) is 55.7. The van der Waals surface area contributed by atoms with Crippen molar-refractivity contribution < 1.29 is 42.9 Å². The van der Waals surface area contributed by atoms with Gasteiger partial charge < -0.3 is 33.3 Å². The number of hydrogen-bond acceptors (Lipinski definition) is 8. The molecule has 422 valence electrons. The lowest BCUT2D eigenvalue weighted by Gasteiger charge is -2.26. The van der Waals surface area contributed by atoms with Crippen molar-refractivity contribution in [1.29, 1.82) is 0 Å². The summed E-state index contributed by atoms with van der Waals surface area (Å²) in [6, 6.07) is 0. The number of hydrogen-bond donors (Lipinski definition) is 0. The molecule has 2 unspecified atom stereocenters. The molecule has 0 fully saturated rings. The lowest BCUT2D eigenvalue weighted by atomic mass is 10.0. The van der Waals surface area contributed by atoms with E-state index in [4.69, 9.17) is 18.9 Å². The SMILES string of the molecule is CC/C=C\C/C=C\C/C=C\C/C=C\C/C=C\C/C=C\C/C=C\C/C=C\C/C=C\CCCCCC(=O)OC(COC(=O)CCCCCCCCCCCCCCCCCCCC)COC(OCC[N+](C)(C)C)C(=O)[O-]. The molecule has 9 nitrogen and oxygen atoms in total. The van der Waals surface area contributed by atoms with Gasteiger partial charge in [-0.15, -0.1) is 0 Å². The number of likely N-dealkylation sites (N-methyl/N-ethyl adjacent to an activating group) is 1. The third-order valence-electron chi connectivity index (χ3n) is 12.3. The van der Waals surface area contributed by atoms with E-state index in [1.807, 2.05) is 21.1 Å². The smallest absolute Gasteiger partial charge is 0.306 e. The molecular weight excluding hydrogens is 923 g/mol. The minimum atomic E-state index is -1.64. The Morgan fingerprint density at radius 1 is 0.419 bits per heavy atom. The van der Waals surface area contributed by atoms with E-state index in [1.54, 1.807) is 0 Å². The van der Waals surface area contributed by atoms with Crippen LogP contribution in [-0.4, -0.2) is 82.3 Å². The highest BCUT2D eigenvalue weighted by atomic mass is 16.7. The molecule has 0 aliphatic heterocycles. The summed E-state index contributed by atoms with van der Waals surface area (Å²) >= 11 is 0. The number of allylic oxidation sites excluding steroid dienone is 18. The molecule has 0 aliphatic carbocycles. The van der Waals surface area contributed by atoms with Crippen molar-refractivity contribution in [2.45, 2.75) is 238 Å². The van der Waals surface area contributed by atoms with Gasteiger partial charge in [-0.05, 0) is 83.5 Å². The van der Waals surface area contributed by atoms with E-state index in [1.165, 1.54) is 96.3 Å². The molecule has 0 aliphatic rings. The summed E-state index contributed by atoms with van der Waals surface area (Å²) in [7, 11) is 5.90. The molecule has 0 rings (SSSR count). The summed E-state index contributed by atoms with van der Waals surface area (Å²) in [6.45, 7) is 4.60. The fourth-order valence-corrected chi connectivity index (χ4v) is 7.76. The molecule has 0 bridgehead atoms. The highest BCUT2D eigenvalue weighted by molar-refractivity contribution is 5.70. The average molecular weight is 1030 g/mol. The lowest BCUT2D eigenvalue weighted by molar-refractivity contribution is -0.870. The Balaban J connectivity index is 4.34. The van der Waals surface area contributed by atoms with Crippen LogP contribution < -0.4 is 5.11 Å². The van der Waals surface area contributed by atoms with E-state index in [-0.39, 0.29) is 38.6 Å². The van der Waals surface area contributed by atoms with Gasteiger partial charge in [-0.1, -0.05) is 239 Å². The Bertz CT molecular complexity index is 1580. The normalized spacial score (nSPS) is 13.6. The number of aliphatic carboxylic acids is 1. The predicted molar refractivity (Wildman–Crippen MR) is 310 cm³/mol. The van der Waals surface area contributed by atoms with Gasteiger partial charge in [-0.2, -0.15) is 0 Å². The lowest BCUT2D eigenvalue weighted by Crippen LogP contribution is -2.44. The zero-order valence-corrected chi connectivity index (χ0v) is 47.9. The number of esters is 2. The molecule has 2 atom stereocenters. The Labute approximate surface area is 454 Å². The van der Waals surface area contributed by atoms with Crippen LogP contribution in [0.4, 0.5) is 0 Å². The topological polar surface area (TPSA) is 111 Å². The van der Waals surface area contributed by atoms with Crippen molar-refractivity contribution in [3.05, 3.63) is 109 Å². The van der Waals surface area contributed by atoms with Crippen molar-refractivity contribution in [3.8, 4) is 0 Å². The van der Waals surface area contributed by atoms with Crippen LogP contribution in [0.25, 0.3) is 0 Å². The molecule has 0 spiro atoms. The van der Waals surface area contributed by atoms with E-state index in [9.17, 15) is 19.5 Å². The minimum absolute atomic E-state index is 0.136. The van der Waals surface area contributed by atoms with Gasteiger partial charge in [0.2, 0.25) is 0 Å². The van der Waals surface area contributed by atoms with Gasteiger partial charge in [0.05, 0.1) is 40.3 Å². The van der Waals surface area contributed by atoms with Crippen molar-refractivity contribution in [3.63, 3.8) is 0 Å². The number of quaternary nitrogens is 1. The van der Waals surface area contributed by atoms with Crippen LogP contribution in [-0.2, 0) is 33.3 Å². The Morgan fingerprint density at radius 2 is 0.770 bits per heavy atom. The maximum absolute atomic E-state index is 12.9. The summed E-state index contributed by atoms with van der Waals surface area (Å²) in [4.78, 5) is 37.3. The maximum Gasteiger partial charge on any atom is 0.306 e. The summed E-state index contributed by atoms with van der Waals surface area (Å²) in [6.07, 6.45) is 72.8. The first-order valence-corrected chi connectivity index (χ1v) is 29.5. The van der Waals surface area contributed by atoms with E-state index >= 15 is 0 Å². The highest BCUT2D eigenvalue weighted by Gasteiger charge is 2.22. The quantitative estimate of drug-likeness (QED) is 0.0195. The monoisotopic (exact) mass is 1030 g/mol. The summed E-state index contributed by atoms with van der Waals surface area (Å²) < 4.78 is 22.7. The van der Waals surface area contributed by atoms with Crippen molar-refractivity contribution in [2.24, 2.45) is 0 Å². The number of carboxylic acid groups (broad SMARTS) is 1. The van der Waals surface area contributed by atoms with Crippen molar-refractivity contribution >= 4 is 17.9 Å². The van der Waals surface area contributed by atoms with Gasteiger partial charge >= 0.3 is 11.9 Å². The minimum Gasteiger partial charge on any atom is -0.545 e. The summed E-state index contributed by atoms with van der Waals surface area (Å²) in [5.74, 6) is -2.33. The summed E-state index contributed by atoms with van der Waals surface area (Å²) in [5.41, 5.74) is 0. The first-order chi connectivity index (χ1) is 36.1. The maximum atomic E-state index is 12.9. The molecule has 0 amide bonds. The molecule has 0 radical (unpaired) electrons. The fraction of sp³-hybridized carbons (Fsp3) is 0.677. The first kappa shape index (κ1) is 70.0. The van der Waals surface area contributed by atoms with Crippen LogP contribution >= 0.6 is 0 Å². The third-order valence-corrected chi connectivity index (χ3v) is 12.3. The van der Waals surface area contributed by atoms with E-state index in [0.29, 0.717) is 17.4 Å². The zero-order valence-electron chi connectivity index (χ0n) is 47.9. The van der Waals surface area contributed by atoms with E-state index < -0.39 is 24.3 Å². The Hall–Kier alpha value is -4.05. The van der Waals surface area contributed by atoms with Gasteiger partial charge in [0.25, 0.3) is 0 Å². The van der Waals surface area contributed by atoms with Crippen LogP contribution in [0.5, 0.6) is 0 Å². The number of carboxylic acids is 1. The van der Waals surface area contributed by atoms with Gasteiger partial charge in [0, 0.05) is 12.8 Å². The number of rotatable bonds is 53. The van der Waals surface area contributed by atoms with Gasteiger partial charge in [-0.3, -0.25) is 9.59 Å². The number of ether oxygens (including phenoxy) is 4. The largest absolute Gasteiger partial charge is 0.545 e. The predicted octanol–water partition coefficient (Wildman–Crippen LogP) is 16.2. The summed E-state index contributed by atoms with van der Waals surface area (Å²) in [5, 5.41) is 11.8. The van der Waals surface area contributed by atoms with Crippen LogP contribution in [0.15, 0.2) is 109 Å². The Kier molecular flexibility index (Phi) is 52.2. The second-order valence-corrected chi connectivity index (χ2v) is 20.6. The second kappa shape index (κ2) is 55.2. The van der Waals surface area contributed by atoms with E-state index in [2.05, 4.69) is 123 Å². The molecule has 74 heavy (non-hydrogen) atoms. The second-order valence-electron chi connectivity index (χ2n) is 20.6. The molecule has 0 aromatic heterocycles. The average Bonchev–Trinajstić information content (AvgIpc) is 3.37. The van der Waals surface area contributed by atoms with Gasteiger partial charge in [-0.25, -0.2) is 0 Å². The molecule has 0 heterocycles. The van der Waals surface area contributed by atoms with Crippen molar-refractivity contribution in [2.75, 3.05) is 47.5 Å². The molecule has 0 N–H and O–H groups in total. The molecule has 0 saturated heterocycles. The number of carbonyl (C=O) groups excluding carboxylic acids is 3. The first-order valence-electron chi connectivity index (χ1n) is 29.5. The van der Waals surface area contributed by atoms with Crippen LogP contribution in [0.2, 0.25) is 0 Å². The molecule has 0 aromatic carbocycles. The van der Waals surface area contributed by atoms with Crippen LogP contribution in [0.3, 0.4) is 0 Å². The van der Waals surface area contributed by atoms with E-state index in [0.717, 1.165) is 96.3 Å². The molecule has 0 aromatic rings. The van der Waals surface area contributed by atoms with Crippen LogP contribution in [0.1, 0.15) is 226 Å². The zero-order chi connectivity index (χ0) is 54.1. The van der Waals surface area contributed by atoms with Gasteiger partial charge in [0.15, 0.2) is 12.4 Å². The molecular formula is C65H109NO8. The molecule has 9 heteroatoms. The Morgan fingerprint density at radius 3 is 1.15 bits per heavy atom. The number of nitrogens with zero attached hydrogens (tertiary/aromatic N) is 1. The highest BCUT2D eigenvalue weighted by Crippen LogP contribution is 2.16. The number of carbonyl (C=O) groups is 3. The van der Waals surface area contributed by atoms with Crippen molar-refractivity contribution in [1.82, 2.24) is 0 Å². The fourth-order valence-electron chi connectivity index (χ4n) is 7.76. The standard InChI is InChI=1S/C65H109NO8/c1-6-8-10-12-14-16-18-20-22-24-26-27-28-29-30-31-32-33-34-35-36-37-38-40-42-44-46-48-50-52-54-56-63(68)74-61(60-73-65(64(69)70)71-58-57-66(3,4)5)59-72-62(67)55-53-51-49-47-45-43-41-39-25-23-21-19-17-15-13-11-9-7-2/h8,10,14,16,20,22,26-27,29-30,32-33,35-36,38,40,44,46,61,65H,6-7,9,11-13,15,17-19,21,23-25,28,31,34,37,39,41-43,45,47-60H2,1-5H3/b10-8-,16-14-,22-20-,27-26-,30-29-,33-32-,36-35-,40-38-,46-44-. The van der Waals surface area contributed by atoms with Gasteiger partial charge in [0.1, 0.15) is 13.2 Å². The van der Waals surface area contributed by atoms with Crippen LogP contribution in [0, 0.1) is 0 Å². The molecule has 0 saturated carbocycles.